The van der Waals surface area contributed by atoms with Crippen molar-refractivity contribution in [1.29, 1.82) is 0 Å². The summed E-state index contributed by atoms with van der Waals surface area (Å²) in [6, 6.07) is 11.8. The van der Waals surface area contributed by atoms with Gasteiger partial charge in [0.15, 0.2) is 11.6 Å². The minimum atomic E-state index is -0.522. The molecular formula is C28H37N9O4. The van der Waals surface area contributed by atoms with Crippen LogP contribution >= 0.6 is 0 Å². The molecule has 1 aromatic carbocycles. The molecule has 2 saturated heterocycles. The van der Waals surface area contributed by atoms with Gasteiger partial charge in [0.25, 0.3) is 0 Å². The number of carbonyl (C=O) groups is 1. The van der Waals surface area contributed by atoms with E-state index >= 15 is 0 Å². The van der Waals surface area contributed by atoms with E-state index in [0.717, 1.165) is 38.5 Å². The van der Waals surface area contributed by atoms with Gasteiger partial charge in [-0.3, -0.25) is 9.80 Å². The number of carbonyl (C=O) groups excluding carboxylic acids is 1. The summed E-state index contributed by atoms with van der Waals surface area (Å²) >= 11 is 0. The normalized spacial score (nSPS) is 21.2. The lowest BCUT2D eigenvalue weighted by atomic mass is 10.1. The Bertz CT molecular complexity index is 1350. The van der Waals surface area contributed by atoms with E-state index in [1.807, 2.05) is 37.1 Å². The number of hydrogen-bond acceptors (Lipinski definition) is 11. The van der Waals surface area contributed by atoms with Crippen molar-refractivity contribution >= 4 is 29.6 Å². The lowest BCUT2D eigenvalue weighted by molar-refractivity contribution is 0.0181. The van der Waals surface area contributed by atoms with Gasteiger partial charge in [-0.2, -0.15) is 0 Å². The van der Waals surface area contributed by atoms with Gasteiger partial charge >= 0.3 is 6.03 Å². The van der Waals surface area contributed by atoms with Crippen LogP contribution in [-0.4, -0.2) is 115 Å². The fraction of sp³-hybridized carbons (Fsp3) is 0.464. The molecule has 0 aliphatic carbocycles. The van der Waals surface area contributed by atoms with Crippen molar-refractivity contribution in [2.24, 2.45) is 15.8 Å². The SMILES string of the molecule is COCC(C)(C)Oc1ccc(N2CCN(CCN3C(=O)N(C)N4C5=C(c6ccco6)N=CN(N)C5=NC34)CC2)cc1. The third-order valence-corrected chi connectivity index (χ3v) is 7.67. The molecule has 41 heavy (non-hydrogen) atoms. The van der Waals surface area contributed by atoms with E-state index in [-0.39, 0.29) is 11.6 Å². The number of methoxy groups -OCH3 is 1. The monoisotopic (exact) mass is 563 g/mol. The van der Waals surface area contributed by atoms with Crippen LogP contribution in [0.25, 0.3) is 5.70 Å². The fourth-order valence-corrected chi connectivity index (χ4v) is 5.67. The Hall–Kier alpha value is -4.07. The summed E-state index contributed by atoms with van der Waals surface area (Å²) in [5, 5.41) is 4.80. The molecule has 2 fully saturated rings. The van der Waals surface area contributed by atoms with Crippen LogP contribution in [0.5, 0.6) is 5.75 Å². The standard InChI is InChI=1S/C28H37N9O4/c1-28(2,18-39-4)41-21-9-7-20(8-10-21)34-14-11-33(12-15-34)13-16-35-26-31-25-24(37(26)32(3)27(35)38)23(30-19-36(25)29)22-6-5-17-40-22/h5-10,17,19,26H,11-16,18,29H2,1-4H3. The number of urea groups is 1. The summed E-state index contributed by atoms with van der Waals surface area (Å²) in [6.45, 7) is 9.44. The number of benzene rings is 1. The number of piperazine rings is 1. The van der Waals surface area contributed by atoms with Gasteiger partial charge in [-0.05, 0) is 50.2 Å². The van der Waals surface area contributed by atoms with Gasteiger partial charge in [-0.25, -0.2) is 35.6 Å². The number of hydrazine groups is 2. The predicted molar refractivity (Wildman–Crippen MR) is 155 cm³/mol. The molecule has 1 atom stereocenters. The van der Waals surface area contributed by atoms with Gasteiger partial charge < -0.3 is 18.8 Å². The number of amidine groups is 1. The first-order valence-electron chi connectivity index (χ1n) is 13.8. The molecule has 13 heteroatoms. The molecule has 1 aromatic heterocycles. The minimum absolute atomic E-state index is 0.114. The zero-order valence-electron chi connectivity index (χ0n) is 23.9. The van der Waals surface area contributed by atoms with E-state index in [4.69, 9.17) is 24.7 Å². The highest BCUT2D eigenvalue weighted by atomic mass is 16.5. The van der Waals surface area contributed by atoms with Gasteiger partial charge in [0.2, 0.25) is 6.29 Å². The van der Waals surface area contributed by atoms with Crippen molar-refractivity contribution in [3.05, 3.63) is 54.1 Å². The van der Waals surface area contributed by atoms with E-state index in [1.54, 1.807) is 36.4 Å². The van der Waals surface area contributed by atoms with Crippen molar-refractivity contribution in [3.8, 4) is 5.75 Å². The number of aliphatic imine (C=N–C) groups is 2. The van der Waals surface area contributed by atoms with Crippen LogP contribution in [0, 0.1) is 0 Å². The average Bonchev–Trinajstić information content (AvgIpc) is 3.67. The van der Waals surface area contributed by atoms with Gasteiger partial charge in [0.05, 0.1) is 12.9 Å². The number of hydrogen-bond donors (Lipinski definition) is 1. The van der Waals surface area contributed by atoms with Crippen LogP contribution in [0.4, 0.5) is 10.5 Å². The predicted octanol–water partition coefficient (Wildman–Crippen LogP) is 2.07. The zero-order valence-corrected chi connectivity index (χ0v) is 23.9. The highest BCUT2D eigenvalue weighted by Crippen LogP contribution is 2.38. The van der Waals surface area contributed by atoms with Gasteiger partial charge in [-0.1, -0.05) is 0 Å². The van der Waals surface area contributed by atoms with Crippen LogP contribution in [0.3, 0.4) is 0 Å². The lowest BCUT2D eigenvalue weighted by Crippen LogP contribution is -2.49. The number of nitrogens with zero attached hydrogens (tertiary/aromatic N) is 8. The quantitative estimate of drug-likeness (QED) is 0.458. The van der Waals surface area contributed by atoms with E-state index in [9.17, 15) is 4.79 Å². The van der Waals surface area contributed by atoms with Crippen LogP contribution < -0.4 is 15.5 Å². The summed E-state index contributed by atoms with van der Waals surface area (Å²) in [5.74, 6) is 8.15. The van der Waals surface area contributed by atoms with Gasteiger partial charge in [0, 0.05) is 59.1 Å². The molecule has 218 valence electrons. The number of anilines is 1. The summed E-state index contributed by atoms with van der Waals surface area (Å²) in [4.78, 5) is 29.1. The Morgan fingerprint density at radius 2 is 1.85 bits per heavy atom. The number of rotatable bonds is 9. The van der Waals surface area contributed by atoms with Crippen LogP contribution in [0.15, 0.2) is 62.8 Å². The third kappa shape index (κ3) is 5.11. The van der Waals surface area contributed by atoms with Crippen molar-refractivity contribution in [2.45, 2.75) is 25.7 Å². The molecule has 13 nitrogen and oxygen atoms in total. The average molecular weight is 564 g/mol. The second-order valence-electron chi connectivity index (χ2n) is 11.1. The molecule has 0 bridgehead atoms. The number of amides is 2. The Morgan fingerprint density at radius 3 is 2.54 bits per heavy atom. The molecule has 2 N–H and O–H groups in total. The smallest absolute Gasteiger partial charge is 0.341 e. The molecule has 2 aromatic rings. The summed E-state index contributed by atoms with van der Waals surface area (Å²) in [7, 11) is 3.42. The summed E-state index contributed by atoms with van der Waals surface area (Å²) < 4.78 is 16.9. The molecule has 0 radical (unpaired) electrons. The highest BCUT2D eigenvalue weighted by molar-refractivity contribution is 6.12. The maximum atomic E-state index is 13.3. The Morgan fingerprint density at radius 1 is 1.10 bits per heavy atom. The second kappa shape index (κ2) is 10.7. The summed E-state index contributed by atoms with van der Waals surface area (Å²) in [6.07, 6.45) is 2.58. The number of fused-ring (bicyclic) bond motifs is 3. The number of nitrogens with two attached hydrogens (primary N) is 1. The zero-order chi connectivity index (χ0) is 28.7. The minimum Gasteiger partial charge on any atom is -0.485 e. The maximum absolute atomic E-state index is 13.3. The first-order chi connectivity index (χ1) is 19.8. The fourth-order valence-electron chi connectivity index (χ4n) is 5.67. The lowest BCUT2D eigenvalue weighted by Gasteiger charge is -2.37. The maximum Gasteiger partial charge on any atom is 0.341 e. The third-order valence-electron chi connectivity index (χ3n) is 7.67. The molecule has 4 aliphatic heterocycles. The highest BCUT2D eigenvalue weighted by Gasteiger charge is 2.51. The molecule has 2 amide bonds. The Labute approximate surface area is 239 Å². The van der Waals surface area contributed by atoms with Crippen molar-refractivity contribution in [1.82, 2.24) is 24.8 Å². The van der Waals surface area contributed by atoms with Crippen molar-refractivity contribution in [3.63, 3.8) is 0 Å². The molecular weight excluding hydrogens is 526 g/mol. The van der Waals surface area contributed by atoms with E-state index < -0.39 is 6.29 Å². The molecule has 4 aliphatic rings. The van der Waals surface area contributed by atoms with Crippen LogP contribution in [0.2, 0.25) is 0 Å². The van der Waals surface area contributed by atoms with Crippen LogP contribution in [-0.2, 0) is 4.74 Å². The first kappa shape index (κ1) is 27.1. The molecule has 1 unspecified atom stereocenters. The van der Waals surface area contributed by atoms with E-state index in [1.165, 1.54) is 17.0 Å². The topological polar surface area (TPSA) is 119 Å². The molecule has 5 heterocycles. The van der Waals surface area contributed by atoms with E-state index in [2.05, 4.69) is 26.9 Å². The van der Waals surface area contributed by atoms with Gasteiger partial charge in [-0.15, -0.1) is 0 Å². The largest absolute Gasteiger partial charge is 0.485 e. The molecule has 0 spiro atoms. The van der Waals surface area contributed by atoms with E-state index in [0.29, 0.717) is 36.1 Å². The Balaban J connectivity index is 1.07. The van der Waals surface area contributed by atoms with Gasteiger partial charge in [0.1, 0.15) is 29.1 Å². The van der Waals surface area contributed by atoms with Crippen molar-refractivity contribution in [2.75, 3.05) is 64.9 Å². The number of ether oxygens (including phenoxy) is 2. The second-order valence-corrected chi connectivity index (χ2v) is 11.1. The Kier molecular flexibility index (Phi) is 7.09. The van der Waals surface area contributed by atoms with Crippen LogP contribution in [0.1, 0.15) is 19.6 Å². The first-order valence-corrected chi connectivity index (χ1v) is 13.8. The number of furan rings is 1. The summed E-state index contributed by atoms with van der Waals surface area (Å²) in [5.41, 5.74) is 2.03. The molecule has 6 rings (SSSR count). The molecule has 0 saturated carbocycles. The van der Waals surface area contributed by atoms with Crippen molar-refractivity contribution < 1.29 is 18.7 Å².